The molecule has 0 aromatic heterocycles. The number of carboxylic acid groups (broad SMARTS) is 1. The van der Waals surface area contributed by atoms with Crippen molar-refractivity contribution in [1.82, 2.24) is 4.90 Å². The lowest BCUT2D eigenvalue weighted by Crippen LogP contribution is -2.41. The van der Waals surface area contributed by atoms with Crippen molar-refractivity contribution in [3.63, 3.8) is 0 Å². The van der Waals surface area contributed by atoms with E-state index in [4.69, 9.17) is 4.74 Å². The van der Waals surface area contributed by atoms with Crippen molar-refractivity contribution in [3.05, 3.63) is 29.8 Å². The van der Waals surface area contributed by atoms with Gasteiger partial charge in [0.2, 0.25) is 5.91 Å². The number of carbonyl (C=O) groups excluding carboxylic acids is 2. The molecule has 0 radical (unpaired) electrons. The molecular weight excluding hydrogens is 356 g/mol. The molecule has 1 aromatic rings. The monoisotopic (exact) mass is 378 g/mol. The predicted octanol–water partition coefficient (Wildman–Crippen LogP) is 1.70. The molecule has 140 valence electrons. The first-order chi connectivity index (χ1) is 12.5. The molecule has 1 unspecified atom stereocenters. The van der Waals surface area contributed by atoms with Crippen LogP contribution in [0.2, 0.25) is 0 Å². The van der Waals surface area contributed by atoms with E-state index in [9.17, 15) is 19.5 Å². The average Bonchev–Trinajstić information content (AvgIpc) is 3.12. The fraction of sp³-hybridized carbons (Fsp3) is 0.500. The van der Waals surface area contributed by atoms with E-state index >= 15 is 0 Å². The van der Waals surface area contributed by atoms with E-state index in [2.05, 4.69) is 5.32 Å². The molecule has 8 heteroatoms. The van der Waals surface area contributed by atoms with E-state index in [0.29, 0.717) is 49.7 Å². The molecule has 2 saturated heterocycles. The third kappa shape index (κ3) is 4.02. The molecule has 2 amide bonds. The third-order valence-corrected chi connectivity index (χ3v) is 6.04. The molecule has 2 N–H and O–H groups in total. The molecule has 3 rings (SSSR count). The predicted molar refractivity (Wildman–Crippen MR) is 98.4 cm³/mol. The number of ether oxygens (including phenoxy) is 1. The van der Waals surface area contributed by atoms with Crippen molar-refractivity contribution in [2.24, 2.45) is 5.41 Å². The molecule has 2 aliphatic rings. The van der Waals surface area contributed by atoms with E-state index in [0.717, 1.165) is 5.75 Å². The summed E-state index contributed by atoms with van der Waals surface area (Å²) in [6.07, 6.45) is 0.393. The van der Waals surface area contributed by atoms with Gasteiger partial charge in [0.15, 0.2) is 0 Å². The number of nitrogens with zero attached hydrogens (tertiary/aromatic N) is 1. The minimum Gasteiger partial charge on any atom is -0.481 e. The number of carboxylic acids is 1. The zero-order valence-electron chi connectivity index (χ0n) is 14.4. The van der Waals surface area contributed by atoms with Crippen molar-refractivity contribution in [3.8, 4) is 0 Å². The maximum atomic E-state index is 12.7. The Labute approximate surface area is 156 Å². The van der Waals surface area contributed by atoms with Gasteiger partial charge in [-0.1, -0.05) is 12.1 Å². The van der Waals surface area contributed by atoms with Gasteiger partial charge in [0.25, 0.3) is 5.91 Å². The number of rotatable bonds is 5. The summed E-state index contributed by atoms with van der Waals surface area (Å²) >= 11 is 1.55. The molecule has 2 aliphatic heterocycles. The number of carbonyl (C=O) groups is 3. The fourth-order valence-corrected chi connectivity index (χ4v) is 4.65. The highest BCUT2D eigenvalue weighted by atomic mass is 32.2. The third-order valence-electron chi connectivity index (χ3n) is 4.79. The lowest BCUT2D eigenvalue weighted by Gasteiger charge is -2.28. The number of anilines is 1. The maximum absolute atomic E-state index is 12.7. The Morgan fingerprint density at radius 1 is 1.23 bits per heavy atom. The van der Waals surface area contributed by atoms with Gasteiger partial charge in [0, 0.05) is 25.3 Å². The molecule has 0 spiro atoms. The molecule has 0 saturated carbocycles. The molecular formula is C18H22N2O5S. The van der Waals surface area contributed by atoms with Gasteiger partial charge in [0.05, 0.1) is 29.9 Å². The number of para-hydroxylation sites is 1. The minimum atomic E-state index is -1.02. The summed E-state index contributed by atoms with van der Waals surface area (Å²) < 4.78 is 5.27. The molecule has 1 aromatic carbocycles. The maximum Gasteiger partial charge on any atom is 0.311 e. The van der Waals surface area contributed by atoms with Gasteiger partial charge in [-0.15, -0.1) is 0 Å². The molecule has 2 heterocycles. The van der Waals surface area contributed by atoms with Crippen LogP contribution < -0.4 is 5.32 Å². The Hall–Kier alpha value is -2.06. The van der Waals surface area contributed by atoms with Gasteiger partial charge in [-0.25, -0.2) is 0 Å². The summed E-state index contributed by atoms with van der Waals surface area (Å²) in [5.74, 6) is -0.295. The summed E-state index contributed by atoms with van der Waals surface area (Å²) in [5, 5.41) is 12.3. The SMILES string of the molecule is O=C(CC1(C(=O)O)CCSC1)Nc1ccccc1C(=O)N1CCOCC1. The van der Waals surface area contributed by atoms with Gasteiger partial charge in [-0.2, -0.15) is 11.8 Å². The van der Waals surface area contributed by atoms with Crippen LogP contribution in [0.5, 0.6) is 0 Å². The number of aliphatic carboxylic acids is 1. The first-order valence-electron chi connectivity index (χ1n) is 8.59. The van der Waals surface area contributed by atoms with Crippen molar-refractivity contribution in [2.75, 3.05) is 43.1 Å². The lowest BCUT2D eigenvalue weighted by atomic mass is 9.84. The highest BCUT2D eigenvalue weighted by Crippen LogP contribution is 2.39. The van der Waals surface area contributed by atoms with Crippen molar-refractivity contribution in [1.29, 1.82) is 0 Å². The Kier molecular flexibility index (Phi) is 5.83. The van der Waals surface area contributed by atoms with Gasteiger partial charge >= 0.3 is 5.97 Å². The number of benzene rings is 1. The smallest absolute Gasteiger partial charge is 0.311 e. The van der Waals surface area contributed by atoms with Gasteiger partial charge in [-0.3, -0.25) is 14.4 Å². The normalized spacial score (nSPS) is 22.8. The van der Waals surface area contributed by atoms with Gasteiger partial charge in [-0.05, 0) is 24.3 Å². The number of amides is 2. The number of nitrogens with one attached hydrogen (secondary N) is 1. The quantitative estimate of drug-likeness (QED) is 0.810. The zero-order valence-corrected chi connectivity index (χ0v) is 15.2. The van der Waals surface area contributed by atoms with Gasteiger partial charge in [0.1, 0.15) is 0 Å². The standard InChI is InChI=1S/C18H22N2O5S/c21-15(11-18(17(23)24)5-10-26-12-18)19-14-4-2-1-3-13(14)16(22)20-6-8-25-9-7-20/h1-4H,5-12H2,(H,19,21)(H,23,24). The van der Waals surface area contributed by atoms with Crippen LogP contribution in [-0.2, 0) is 14.3 Å². The molecule has 1 atom stereocenters. The summed E-state index contributed by atoms with van der Waals surface area (Å²) in [6, 6.07) is 6.83. The van der Waals surface area contributed by atoms with Crippen molar-refractivity contribution >= 4 is 35.2 Å². The van der Waals surface area contributed by atoms with E-state index in [1.165, 1.54) is 0 Å². The van der Waals surface area contributed by atoms with Crippen LogP contribution in [0.3, 0.4) is 0 Å². The Balaban J connectivity index is 1.72. The number of hydrogen-bond acceptors (Lipinski definition) is 5. The highest BCUT2D eigenvalue weighted by Gasteiger charge is 2.43. The summed E-state index contributed by atoms with van der Waals surface area (Å²) in [6.45, 7) is 2.03. The van der Waals surface area contributed by atoms with Crippen LogP contribution in [0.15, 0.2) is 24.3 Å². The number of morpholine rings is 1. The van der Waals surface area contributed by atoms with Crippen LogP contribution >= 0.6 is 11.8 Å². The molecule has 0 aliphatic carbocycles. The minimum absolute atomic E-state index is 0.0879. The highest BCUT2D eigenvalue weighted by molar-refractivity contribution is 7.99. The molecule has 0 bridgehead atoms. The van der Waals surface area contributed by atoms with E-state index < -0.39 is 11.4 Å². The van der Waals surface area contributed by atoms with Crippen LogP contribution in [0, 0.1) is 5.41 Å². The van der Waals surface area contributed by atoms with Crippen LogP contribution in [0.1, 0.15) is 23.2 Å². The van der Waals surface area contributed by atoms with E-state index in [1.807, 2.05) is 0 Å². The Morgan fingerprint density at radius 3 is 2.62 bits per heavy atom. The van der Waals surface area contributed by atoms with Crippen LogP contribution in [0.4, 0.5) is 5.69 Å². The fourth-order valence-electron chi connectivity index (χ4n) is 3.21. The Bertz CT molecular complexity index is 697. The van der Waals surface area contributed by atoms with Crippen LogP contribution in [0.25, 0.3) is 0 Å². The average molecular weight is 378 g/mol. The molecule has 2 fully saturated rings. The number of thioether (sulfide) groups is 1. The summed E-state index contributed by atoms with van der Waals surface area (Å²) in [7, 11) is 0. The second kappa shape index (κ2) is 8.09. The van der Waals surface area contributed by atoms with E-state index in [1.54, 1.807) is 40.9 Å². The number of hydrogen-bond donors (Lipinski definition) is 2. The summed E-state index contributed by atoms with van der Waals surface area (Å²) in [5.41, 5.74) is -0.189. The van der Waals surface area contributed by atoms with Crippen molar-refractivity contribution in [2.45, 2.75) is 12.8 Å². The first-order valence-corrected chi connectivity index (χ1v) is 9.74. The molecule has 7 nitrogen and oxygen atoms in total. The Morgan fingerprint density at radius 2 is 1.96 bits per heavy atom. The second-order valence-electron chi connectivity index (χ2n) is 6.56. The lowest BCUT2D eigenvalue weighted by molar-refractivity contribution is -0.149. The van der Waals surface area contributed by atoms with Crippen LogP contribution in [-0.4, -0.2) is 65.6 Å². The topological polar surface area (TPSA) is 95.9 Å². The zero-order chi connectivity index (χ0) is 18.6. The van der Waals surface area contributed by atoms with Gasteiger partial charge < -0.3 is 20.1 Å². The summed E-state index contributed by atoms with van der Waals surface area (Å²) in [4.78, 5) is 38.6. The largest absolute Gasteiger partial charge is 0.481 e. The molecule has 26 heavy (non-hydrogen) atoms. The van der Waals surface area contributed by atoms with Crippen molar-refractivity contribution < 1.29 is 24.2 Å². The first kappa shape index (κ1) is 18.7. The van der Waals surface area contributed by atoms with E-state index in [-0.39, 0.29) is 18.2 Å². The second-order valence-corrected chi connectivity index (χ2v) is 7.67.